The molecule has 0 aliphatic carbocycles. The summed E-state index contributed by atoms with van der Waals surface area (Å²) in [4.78, 5) is 11.0. The third kappa shape index (κ3) is 3.77. The van der Waals surface area contributed by atoms with Gasteiger partial charge >= 0.3 is 5.97 Å². The van der Waals surface area contributed by atoms with E-state index in [1.165, 1.54) is 0 Å². The van der Waals surface area contributed by atoms with Gasteiger partial charge in [-0.15, -0.1) is 0 Å². The first-order valence-electron chi connectivity index (χ1n) is 5.26. The van der Waals surface area contributed by atoms with Gasteiger partial charge in [-0.3, -0.25) is 4.79 Å². The zero-order valence-electron chi connectivity index (χ0n) is 9.31. The maximum absolute atomic E-state index is 11.0. The molecule has 3 unspecified atom stereocenters. The third-order valence-electron chi connectivity index (χ3n) is 2.74. The van der Waals surface area contributed by atoms with Crippen molar-refractivity contribution in [3.8, 4) is 0 Å². The number of aliphatic hydroxyl groups excluding tert-OH is 2. The molecule has 0 saturated carbocycles. The van der Waals surface area contributed by atoms with Crippen LogP contribution in [0.2, 0.25) is 0 Å². The van der Waals surface area contributed by atoms with Gasteiger partial charge in [0.2, 0.25) is 0 Å². The van der Waals surface area contributed by atoms with Crippen molar-refractivity contribution in [1.29, 1.82) is 0 Å². The average molecular weight is 219 g/mol. The molecule has 5 nitrogen and oxygen atoms in total. The molecule has 0 fully saturated rings. The Morgan fingerprint density at radius 3 is 2.20 bits per heavy atom. The predicted octanol–water partition coefficient (Wildman–Crippen LogP) is 0.0905. The molecule has 0 saturated heterocycles. The van der Waals surface area contributed by atoms with E-state index in [2.05, 4.69) is 0 Å². The zero-order valence-corrected chi connectivity index (χ0v) is 9.31. The Bertz CT molecular complexity index is 210. The standard InChI is InChI=1S/C10H21NO4/c1-3-7(12)5-6-10(11,9(14)15)8(13)4-2/h7-8,12-13H,3-6,11H2,1-2H3,(H,14,15). The summed E-state index contributed by atoms with van der Waals surface area (Å²) in [6, 6.07) is 0. The fourth-order valence-electron chi connectivity index (χ4n) is 1.39. The van der Waals surface area contributed by atoms with Crippen molar-refractivity contribution in [3.63, 3.8) is 0 Å². The van der Waals surface area contributed by atoms with E-state index < -0.39 is 23.7 Å². The fourth-order valence-corrected chi connectivity index (χ4v) is 1.39. The van der Waals surface area contributed by atoms with E-state index in [-0.39, 0.29) is 19.3 Å². The van der Waals surface area contributed by atoms with Crippen molar-refractivity contribution in [2.45, 2.75) is 57.3 Å². The number of aliphatic hydroxyl groups is 2. The van der Waals surface area contributed by atoms with Crippen LogP contribution in [0.3, 0.4) is 0 Å². The Morgan fingerprint density at radius 2 is 1.87 bits per heavy atom. The molecule has 5 heteroatoms. The van der Waals surface area contributed by atoms with Crippen molar-refractivity contribution in [3.05, 3.63) is 0 Å². The van der Waals surface area contributed by atoms with Crippen LogP contribution in [-0.2, 0) is 4.79 Å². The number of hydrogen-bond acceptors (Lipinski definition) is 4. The molecule has 0 heterocycles. The fraction of sp³-hybridized carbons (Fsp3) is 0.900. The highest BCUT2D eigenvalue weighted by atomic mass is 16.4. The summed E-state index contributed by atoms with van der Waals surface area (Å²) < 4.78 is 0. The van der Waals surface area contributed by atoms with Crippen molar-refractivity contribution < 1.29 is 20.1 Å². The Hall–Kier alpha value is -0.650. The highest BCUT2D eigenvalue weighted by Gasteiger charge is 2.40. The number of rotatable bonds is 7. The Morgan fingerprint density at radius 1 is 1.33 bits per heavy atom. The molecule has 0 rings (SSSR count). The van der Waals surface area contributed by atoms with Gasteiger partial charge in [0.25, 0.3) is 0 Å². The molecule has 90 valence electrons. The Balaban J connectivity index is 4.46. The Labute approximate surface area is 89.9 Å². The maximum Gasteiger partial charge on any atom is 0.326 e. The van der Waals surface area contributed by atoms with Crippen LogP contribution < -0.4 is 5.73 Å². The Kier molecular flexibility index (Phi) is 5.79. The van der Waals surface area contributed by atoms with Crippen LogP contribution in [0.5, 0.6) is 0 Å². The molecular formula is C10H21NO4. The summed E-state index contributed by atoms with van der Waals surface area (Å²) in [7, 11) is 0. The van der Waals surface area contributed by atoms with Crippen LogP contribution in [0.25, 0.3) is 0 Å². The number of carboxylic acid groups (broad SMARTS) is 1. The second-order valence-electron chi connectivity index (χ2n) is 3.87. The van der Waals surface area contributed by atoms with E-state index in [0.717, 1.165) is 0 Å². The van der Waals surface area contributed by atoms with Gasteiger partial charge < -0.3 is 21.1 Å². The lowest BCUT2D eigenvalue weighted by molar-refractivity contribution is -0.148. The van der Waals surface area contributed by atoms with E-state index in [9.17, 15) is 15.0 Å². The molecule has 0 spiro atoms. The number of carbonyl (C=O) groups is 1. The summed E-state index contributed by atoms with van der Waals surface area (Å²) in [6.07, 6.45) is -0.443. The summed E-state index contributed by atoms with van der Waals surface area (Å²) in [6.45, 7) is 3.48. The smallest absolute Gasteiger partial charge is 0.326 e. The molecule has 0 aromatic carbocycles. The number of carboxylic acids is 1. The lowest BCUT2D eigenvalue weighted by Gasteiger charge is -2.30. The quantitative estimate of drug-likeness (QED) is 0.486. The minimum atomic E-state index is -1.65. The van der Waals surface area contributed by atoms with Crippen LogP contribution in [0.4, 0.5) is 0 Å². The van der Waals surface area contributed by atoms with Crippen molar-refractivity contribution >= 4 is 5.97 Å². The highest BCUT2D eigenvalue weighted by molar-refractivity contribution is 5.79. The normalized spacial score (nSPS) is 19.3. The molecule has 0 aliphatic rings. The number of hydrogen-bond donors (Lipinski definition) is 4. The largest absolute Gasteiger partial charge is 0.480 e. The van der Waals surface area contributed by atoms with Crippen LogP contribution >= 0.6 is 0 Å². The van der Waals surface area contributed by atoms with E-state index in [0.29, 0.717) is 6.42 Å². The molecular weight excluding hydrogens is 198 g/mol. The van der Waals surface area contributed by atoms with E-state index in [1.807, 2.05) is 0 Å². The van der Waals surface area contributed by atoms with Gasteiger partial charge in [-0.25, -0.2) is 0 Å². The van der Waals surface area contributed by atoms with Crippen LogP contribution in [-0.4, -0.2) is 39.0 Å². The van der Waals surface area contributed by atoms with Gasteiger partial charge in [0, 0.05) is 0 Å². The summed E-state index contributed by atoms with van der Waals surface area (Å²) in [5, 5.41) is 27.8. The molecule has 0 bridgehead atoms. The zero-order chi connectivity index (χ0) is 12.1. The summed E-state index contributed by atoms with van der Waals surface area (Å²) in [5.41, 5.74) is 3.99. The van der Waals surface area contributed by atoms with Crippen LogP contribution in [0.15, 0.2) is 0 Å². The van der Waals surface area contributed by atoms with Crippen molar-refractivity contribution in [1.82, 2.24) is 0 Å². The molecule has 15 heavy (non-hydrogen) atoms. The second kappa shape index (κ2) is 6.05. The average Bonchev–Trinajstić information content (AvgIpc) is 2.23. The number of aliphatic carboxylic acids is 1. The van der Waals surface area contributed by atoms with Crippen molar-refractivity contribution in [2.24, 2.45) is 5.73 Å². The SMILES string of the molecule is CCC(O)CCC(N)(C(=O)O)C(O)CC. The molecule has 0 amide bonds. The maximum atomic E-state index is 11.0. The third-order valence-corrected chi connectivity index (χ3v) is 2.74. The van der Waals surface area contributed by atoms with Crippen molar-refractivity contribution in [2.75, 3.05) is 0 Å². The van der Waals surface area contributed by atoms with Gasteiger partial charge in [-0.2, -0.15) is 0 Å². The van der Waals surface area contributed by atoms with Gasteiger partial charge in [-0.1, -0.05) is 13.8 Å². The number of nitrogens with two attached hydrogens (primary N) is 1. The van der Waals surface area contributed by atoms with E-state index in [1.54, 1.807) is 13.8 Å². The first-order chi connectivity index (χ1) is 6.88. The molecule has 3 atom stereocenters. The minimum Gasteiger partial charge on any atom is -0.480 e. The first-order valence-corrected chi connectivity index (χ1v) is 5.26. The molecule has 5 N–H and O–H groups in total. The first kappa shape index (κ1) is 14.3. The predicted molar refractivity (Wildman–Crippen MR) is 56.4 cm³/mol. The van der Waals surface area contributed by atoms with Gasteiger partial charge in [0.1, 0.15) is 5.54 Å². The van der Waals surface area contributed by atoms with E-state index >= 15 is 0 Å². The molecule has 0 aromatic rings. The van der Waals surface area contributed by atoms with Gasteiger partial charge in [0.05, 0.1) is 12.2 Å². The second-order valence-corrected chi connectivity index (χ2v) is 3.87. The lowest BCUT2D eigenvalue weighted by Crippen LogP contribution is -2.57. The molecule has 0 aromatic heterocycles. The van der Waals surface area contributed by atoms with Gasteiger partial charge in [-0.05, 0) is 25.7 Å². The lowest BCUT2D eigenvalue weighted by atomic mass is 9.85. The van der Waals surface area contributed by atoms with Crippen LogP contribution in [0.1, 0.15) is 39.5 Å². The molecule has 0 radical (unpaired) electrons. The van der Waals surface area contributed by atoms with Crippen LogP contribution in [0, 0.1) is 0 Å². The molecule has 0 aliphatic heterocycles. The monoisotopic (exact) mass is 219 g/mol. The minimum absolute atomic E-state index is 0.0757. The van der Waals surface area contributed by atoms with Gasteiger partial charge in [0.15, 0.2) is 0 Å². The topological polar surface area (TPSA) is 104 Å². The summed E-state index contributed by atoms with van der Waals surface area (Å²) >= 11 is 0. The highest BCUT2D eigenvalue weighted by Crippen LogP contribution is 2.19. The summed E-state index contributed by atoms with van der Waals surface area (Å²) in [5.74, 6) is -1.22. The van der Waals surface area contributed by atoms with E-state index in [4.69, 9.17) is 10.8 Å².